The molecule has 0 aliphatic carbocycles. The number of nitrogens with zero attached hydrogens (tertiary/aromatic N) is 4. The first-order chi connectivity index (χ1) is 23.2. The van der Waals surface area contributed by atoms with Crippen LogP contribution in [0.15, 0.2) is 113 Å². The van der Waals surface area contributed by atoms with Gasteiger partial charge in [0.15, 0.2) is 19.7 Å². The average Bonchev–Trinajstić information content (AvgIpc) is 3.02. The number of rotatable bonds is 12. The number of esters is 1. The molecule has 0 aliphatic rings. The molecule has 18 nitrogen and oxygen atoms in total. The molecule has 24 heteroatoms. The van der Waals surface area contributed by atoms with Gasteiger partial charge in [0.25, 0.3) is 10.1 Å². The van der Waals surface area contributed by atoms with Gasteiger partial charge in [-0.2, -0.15) is 18.6 Å². The van der Waals surface area contributed by atoms with E-state index in [4.69, 9.17) is 5.73 Å². The van der Waals surface area contributed by atoms with Crippen molar-refractivity contribution in [2.45, 2.75) is 26.5 Å². The Labute approximate surface area is 341 Å². The van der Waals surface area contributed by atoms with Gasteiger partial charge in [-0.3, -0.25) is 9.35 Å². The largest absolute Gasteiger partial charge is 1.00 e. The monoisotopic (exact) mass is 811 g/mol. The number of benzene rings is 4. The van der Waals surface area contributed by atoms with E-state index < -0.39 is 95.0 Å². The second kappa shape index (κ2) is 17.3. The molecule has 0 spiro atoms. The molecule has 0 unspecified atom stereocenters. The van der Waals surface area contributed by atoms with E-state index in [0.29, 0.717) is 17.5 Å². The summed E-state index contributed by atoms with van der Waals surface area (Å²) in [4.78, 5) is 8.32. The fraction of sp³-hybridized carbons (Fsp3) is 0.107. The van der Waals surface area contributed by atoms with Crippen LogP contribution in [0.5, 0.6) is 5.75 Å². The molecule has 0 saturated carbocycles. The second-order valence-electron chi connectivity index (χ2n) is 9.98. The van der Waals surface area contributed by atoms with Crippen molar-refractivity contribution in [2.24, 2.45) is 20.5 Å². The molecule has 0 bridgehead atoms. The molecule has 0 saturated heterocycles. The number of nitrogen functional groups attached to an aromatic ring is 1. The predicted molar refractivity (Wildman–Crippen MR) is 173 cm³/mol. The van der Waals surface area contributed by atoms with Gasteiger partial charge < -0.3 is 20.1 Å². The first-order valence-electron chi connectivity index (χ1n) is 13.5. The maximum Gasteiger partial charge on any atom is 1.00 e. The van der Waals surface area contributed by atoms with Crippen molar-refractivity contribution in [1.82, 2.24) is 0 Å². The molecule has 0 aromatic heterocycles. The van der Waals surface area contributed by atoms with Crippen LogP contribution in [0.1, 0.15) is 6.92 Å². The summed E-state index contributed by atoms with van der Waals surface area (Å²) in [5.74, 6) is -2.48. The molecule has 0 heterocycles. The van der Waals surface area contributed by atoms with Gasteiger partial charge in [0.05, 0.1) is 43.2 Å². The summed E-state index contributed by atoms with van der Waals surface area (Å²) in [6, 6.07) is 10.4. The minimum atomic E-state index is -5.43. The maximum atomic E-state index is 13.6. The van der Waals surface area contributed by atoms with Crippen LogP contribution in [0.2, 0.25) is 0 Å². The van der Waals surface area contributed by atoms with Crippen molar-refractivity contribution in [3.8, 4) is 5.75 Å². The number of hydrogen-bond donors (Lipinski definition) is 2. The maximum absolute atomic E-state index is 13.6. The molecule has 0 atom stereocenters. The fourth-order valence-electron chi connectivity index (χ4n) is 4.23. The zero-order valence-corrected chi connectivity index (χ0v) is 34.6. The Kier molecular flexibility index (Phi) is 15.0. The summed E-state index contributed by atoms with van der Waals surface area (Å²) in [5.41, 5.74) is 3.41. The predicted octanol–water partition coefficient (Wildman–Crippen LogP) is -2.26. The molecule has 4 rings (SSSR count). The van der Waals surface area contributed by atoms with Gasteiger partial charge in [-0.25, -0.2) is 25.3 Å². The summed E-state index contributed by atoms with van der Waals surface area (Å²) < 4.78 is 124. The molecular weight excluding hydrogens is 789 g/mol. The Morgan fingerprint density at radius 1 is 0.827 bits per heavy atom. The molecule has 52 heavy (non-hydrogen) atoms. The number of sulfone groups is 2. The van der Waals surface area contributed by atoms with Crippen LogP contribution in [0, 0.1) is 0 Å². The molecule has 0 fully saturated rings. The number of hydrogen-bond acceptors (Lipinski definition) is 17. The van der Waals surface area contributed by atoms with Crippen molar-refractivity contribution in [1.29, 1.82) is 0 Å². The molecule has 3 N–H and O–H groups in total. The third-order valence-corrected chi connectivity index (χ3v) is 11.4. The van der Waals surface area contributed by atoms with E-state index in [0.717, 1.165) is 31.2 Å². The summed E-state index contributed by atoms with van der Waals surface area (Å²) >= 11 is 0. The van der Waals surface area contributed by atoms with Crippen LogP contribution in [-0.2, 0) is 49.4 Å². The Morgan fingerprint density at radius 2 is 1.31 bits per heavy atom. The number of anilines is 1. The number of nitrogens with two attached hydrogens (primary N) is 1. The number of ether oxygens (including phenoxy) is 1. The van der Waals surface area contributed by atoms with Gasteiger partial charge >= 0.3 is 65.1 Å². The van der Waals surface area contributed by atoms with E-state index in [9.17, 15) is 52.7 Å². The number of fused-ring (bicyclic) bond motifs is 1. The second-order valence-corrected chi connectivity index (χ2v) is 16.7. The van der Waals surface area contributed by atoms with Gasteiger partial charge in [-0.1, -0.05) is 12.3 Å². The average molecular weight is 812 g/mol. The summed E-state index contributed by atoms with van der Waals surface area (Å²) in [5, 5.41) is 28.1. The smallest absolute Gasteiger partial charge is 0.870 e. The quantitative estimate of drug-likeness (QED) is 0.0502. The normalized spacial score (nSPS) is 12.4. The molecule has 4 aromatic carbocycles. The van der Waals surface area contributed by atoms with E-state index in [1.54, 1.807) is 0 Å². The van der Waals surface area contributed by atoms with Crippen LogP contribution in [0.25, 0.3) is 10.8 Å². The molecule has 4 aromatic rings. The van der Waals surface area contributed by atoms with Crippen LogP contribution >= 0.6 is 0 Å². The molecule has 264 valence electrons. The van der Waals surface area contributed by atoms with Crippen LogP contribution in [-0.4, -0.2) is 61.1 Å². The van der Waals surface area contributed by atoms with E-state index in [2.05, 4.69) is 31.8 Å². The Morgan fingerprint density at radius 3 is 1.77 bits per heavy atom. The standard InChI is InChI=1S/C28H25N5O13S4.2Na/c1-3-47(36,37)20-8-4-19(5-9-20)31-33-27-23(50(43,44)45)15-17-14-22(49(40,41)42)26(25(29)24(17)28(27)35)32-30-18-6-10-21(11-7-18)48(38,39)13-12-46-16(2)34;;/h3-11,14-15,35H,1,12-13,29H2,2H3,(H,40,41,42)(H,43,44,45);;/q;2*+1/p-2. The Balaban J connectivity index is 0.00000468. The topological polar surface area (TPSA) is 305 Å². The zero-order valence-electron chi connectivity index (χ0n) is 27.3. The third-order valence-electron chi connectivity index (χ3n) is 6.61. The van der Waals surface area contributed by atoms with Crippen molar-refractivity contribution in [3.05, 3.63) is 72.7 Å². The van der Waals surface area contributed by atoms with Gasteiger partial charge in [-0.05, 0) is 66.0 Å². The van der Waals surface area contributed by atoms with Crippen LogP contribution in [0.4, 0.5) is 28.4 Å². The first kappa shape index (κ1) is 45.0. The van der Waals surface area contributed by atoms with Gasteiger partial charge in [-0.15, -0.1) is 10.2 Å². The zero-order chi connectivity index (χ0) is 37.2. The minimum Gasteiger partial charge on any atom is -0.870 e. The van der Waals surface area contributed by atoms with Crippen LogP contribution in [0.3, 0.4) is 0 Å². The van der Waals surface area contributed by atoms with Gasteiger partial charge in [0.2, 0.25) is 0 Å². The number of azo groups is 2. The van der Waals surface area contributed by atoms with E-state index in [1.807, 2.05) is 0 Å². The SMILES string of the molecule is C=CS(=O)(=O)c1ccc(N=Nc2c(S(=O)(=O)O)cc3cc(S(=O)(=O)[O-])c(N=Nc4ccc(S(=O)(=O)CCOC(C)=O)cc4)c(N)c3c2[O-])cc1.[Na+].[Na+]. The van der Waals surface area contributed by atoms with Crippen molar-refractivity contribution >= 4 is 85.1 Å². The van der Waals surface area contributed by atoms with Gasteiger partial charge in [0.1, 0.15) is 27.3 Å². The molecule has 0 radical (unpaired) electrons. The molecule has 0 aliphatic heterocycles. The van der Waals surface area contributed by atoms with Crippen molar-refractivity contribution < 1.29 is 117 Å². The number of carbonyl (C=O) groups excluding carboxylic acids is 1. The van der Waals surface area contributed by atoms with Gasteiger partial charge in [0, 0.05) is 17.7 Å². The third kappa shape index (κ3) is 10.5. The minimum absolute atomic E-state index is 0. The van der Waals surface area contributed by atoms with E-state index >= 15 is 0 Å². The fourth-order valence-corrected chi connectivity index (χ4v) is 7.34. The van der Waals surface area contributed by atoms with E-state index in [-0.39, 0.29) is 86.9 Å². The summed E-state index contributed by atoms with van der Waals surface area (Å²) in [6.45, 7) is 3.93. The summed E-state index contributed by atoms with van der Waals surface area (Å²) in [6.07, 6.45) is 0. The molecular formula is C28H23N5Na2O13S4. The van der Waals surface area contributed by atoms with Crippen molar-refractivity contribution in [3.63, 3.8) is 0 Å². The summed E-state index contributed by atoms with van der Waals surface area (Å²) in [7, 11) is -18.4. The number of carbonyl (C=O) groups is 1. The van der Waals surface area contributed by atoms with Crippen molar-refractivity contribution in [2.75, 3.05) is 18.1 Å². The van der Waals surface area contributed by atoms with Crippen LogP contribution < -0.4 is 70.0 Å². The Bertz CT molecular complexity index is 2550. The molecule has 0 amide bonds. The van der Waals surface area contributed by atoms with E-state index in [1.165, 1.54) is 24.3 Å². The first-order valence-corrected chi connectivity index (χ1v) is 19.5. The Hall–Kier alpha value is -3.13.